The van der Waals surface area contributed by atoms with E-state index in [0.717, 1.165) is 16.7 Å². The van der Waals surface area contributed by atoms with Gasteiger partial charge in [-0.1, -0.05) is 83.9 Å². The van der Waals surface area contributed by atoms with Crippen LogP contribution in [-0.2, 0) is 16.9 Å². The monoisotopic (exact) mass is 409 g/mol. The molecule has 0 saturated carbocycles. The molecule has 1 fully saturated rings. The predicted molar refractivity (Wildman–Crippen MR) is 112 cm³/mol. The molecular weight excluding hydrogens is 393 g/mol. The van der Waals surface area contributed by atoms with Gasteiger partial charge >= 0.3 is 0 Å². The number of amides is 1. The number of benzene rings is 3. The zero-order valence-electron chi connectivity index (χ0n) is 14.8. The molecule has 0 bridgehead atoms. The van der Waals surface area contributed by atoms with Gasteiger partial charge < -0.3 is 5.32 Å². The number of nitrogens with one attached hydrogen (secondary N) is 2. The largest absolute Gasteiger partial charge is 0.334 e. The highest BCUT2D eigenvalue weighted by Crippen LogP contribution is 2.36. The second-order valence-electron chi connectivity index (χ2n) is 6.62. The average Bonchev–Trinajstić information content (AvgIpc) is 2.94. The van der Waals surface area contributed by atoms with Crippen molar-refractivity contribution in [1.82, 2.24) is 10.2 Å². The molecule has 0 unspecified atom stereocenters. The van der Waals surface area contributed by atoms with E-state index in [4.69, 9.17) is 28.6 Å². The molecule has 0 radical (unpaired) electrons. The molecular formula is C22H17Cl2N3O. The Morgan fingerprint density at radius 2 is 1.36 bits per heavy atom. The van der Waals surface area contributed by atoms with Gasteiger partial charge in [-0.25, -0.2) is 0 Å². The van der Waals surface area contributed by atoms with E-state index in [1.54, 1.807) is 18.2 Å². The van der Waals surface area contributed by atoms with E-state index in [9.17, 15) is 4.79 Å². The van der Waals surface area contributed by atoms with Crippen LogP contribution in [0, 0.1) is 5.41 Å². The summed E-state index contributed by atoms with van der Waals surface area (Å²) in [6.45, 7) is 0.201. The first kappa shape index (κ1) is 18.5. The SMILES string of the molecule is N=C1NC(c2ccccc2)(c2ccccc2)C(=O)N1Cc1cc(Cl)cc(Cl)c1. The number of carbonyl (C=O) groups is 1. The first-order valence-electron chi connectivity index (χ1n) is 8.75. The lowest BCUT2D eigenvalue weighted by atomic mass is 9.82. The predicted octanol–water partition coefficient (Wildman–Crippen LogP) is 4.80. The molecule has 28 heavy (non-hydrogen) atoms. The van der Waals surface area contributed by atoms with Crippen LogP contribution in [0.4, 0.5) is 0 Å². The lowest BCUT2D eigenvalue weighted by Crippen LogP contribution is -2.45. The van der Waals surface area contributed by atoms with E-state index in [1.807, 2.05) is 60.7 Å². The second kappa shape index (κ2) is 7.30. The molecule has 3 aromatic carbocycles. The molecule has 1 aliphatic heterocycles. The maximum Gasteiger partial charge on any atom is 0.264 e. The van der Waals surface area contributed by atoms with Crippen molar-refractivity contribution in [2.24, 2.45) is 0 Å². The number of hydrogen-bond donors (Lipinski definition) is 2. The Labute approximate surface area is 173 Å². The van der Waals surface area contributed by atoms with Crippen LogP contribution in [0.5, 0.6) is 0 Å². The Balaban J connectivity index is 1.79. The summed E-state index contributed by atoms with van der Waals surface area (Å²) >= 11 is 12.2. The van der Waals surface area contributed by atoms with E-state index in [-0.39, 0.29) is 18.4 Å². The van der Waals surface area contributed by atoms with Crippen molar-refractivity contribution in [2.45, 2.75) is 12.1 Å². The van der Waals surface area contributed by atoms with E-state index >= 15 is 0 Å². The Hall–Kier alpha value is -2.82. The van der Waals surface area contributed by atoms with E-state index in [1.165, 1.54) is 4.90 Å². The fourth-order valence-electron chi connectivity index (χ4n) is 3.57. The van der Waals surface area contributed by atoms with Crippen molar-refractivity contribution >= 4 is 35.1 Å². The zero-order valence-corrected chi connectivity index (χ0v) is 16.3. The highest BCUT2D eigenvalue weighted by atomic mass is 35.5. The van der Waals surface area contributed by atoms with Crippen molar-refractivity contribution in [3.63, 3.8) is 0 Å². The quantitative estimate of drug-likeness (QED) is 0.649. The molecule has 2 N–H and O–H groups in total. The summed E-state index contributed by atoms with van der Waals surface area (Å²) in [4.78, 5) is 15.1. The first-order valence-corrected chi connectivity index (χ1v) is 9.51. The molecule has 4 nitrogen and oxygen atoms in total. The van der Waals surface area contributed by atoms with Crippen molar-refractivity contribution in [3.05, 3.63) is 106 Å². The molecule has 3 aromatic rings. The summed E-state index contributed by atoms with van der Waals surface area (Å²) in [5.41, 5.74) is 1.17. The summed E-state index contributed by atoms with van der Waals surface area (Å²) in [5.74, 6) is -0.181. The fourth-order valence-corrected chi connectivity index (χ4v) is 4.14. The van der Waals surface area contributed by atoms with Gasteiger partial charge in [-0.15, -0.1) is 0 Å². The highest BCUT2D eigenvalue weighted by Gasteiger charge is 2.52. The van der Waals surface area contributed by atoms with Gasteiger partial charge in [0.05, 0.1) is 6.54 Å². The summed E-state index contributed by atoms with van der Waals surface area (Å²) < 4.78 is 0. The van der Waals surface area contributed by atoms with Gasteiger partial charge in [0.2, 0.25) is 0 Å². The molecule has 1 amide bonds. The van der Waals surface area contributed by atoms with Crippen molar-refractivity contribution in [1.29, 1.82) is 5.41 Å². The third-order valence-corrected chi connectivity index (χ3v) is 5.25. The topological polar surface area (TPSA) is 56.2 Å². The molecule has 0 aliphatic carbocycles. The Morgan fingerprint density at radius 3 is 1.86 bits per heavy atom. The van der Waals surface area contributed by atoms with Gasteiger partial charge in [0.15, 0.2) is 11.5 Å². The number of guanidine groups is 1. The van der Waals surface area contributed by atoms with E-state index < -0.39 is 5.54 Å². The van der Waals surface area contributed by atoms with Crippen LogP contribution >= 0.6 is 23.2 Å². The van der Waals surface area contributed by atoms with Gasteiger partial charge in [0, 0.05) is 10.0 Å². The number of halogens is 2. The van der Waals surface area contributed by atoms with Crippen LogP contribution < -0.4 is 5.32 Å². The first-order chi connectivity index (χ1) is 13.5. The molecule has 6 heteroatoms. The van der Waals surface area contributed by atoms with Gasteiger partial charge in [0.1, 0.15) is 0 Å². The summed E-state index contributed by atoms with van der Waals surface area (Å²) in [6, 6.07) is 24.1. The van der Waals surface area contributed by atoms with Crippen molar-refractivity contribution in [2.75, 3.05) is 0 Å². The summed E-state index contributed by atoms with van der Waals surface area (Å²) in [5, 5.41) is 12.6. The van der Waals surface area contributed by atoms with Crippen molar-refractivity contribution in [3.8, 4) is 0 Å². The fraction of sp³-hybridized carbons (Fsp3) is 0.0909. The van der Waals surface area contributed by atoms with E-state index in [2.05, 4.69) is 5.32 Å². The molecule has 0 atom stereocenters. The second-order valence-corrected chi connectivity index (χ2v) is 7.50. The minimum atomic E-state index is -1.15. The lowest BCUT2D eigenvalue weighted by Gasteiger charge is -2.28. The molecule has 4 rings (SSSR count). The highest BCUT2D eigenvalue weighted by molar-refractivity contribution is 6.34. The van der Waals surface area contributed by atoms with Crippen LogP contribution in [0.3, 0.4) is 0 Å². The van der Waals surface area contributed by atoms with Crippen LogP contribution in [0.15, 0.2) is 78.9 Å². The maximum absolute atomic E-state index is 13.7. The van der Waals surface area contributed by atoms with Gasteiger partial charge in [-0.2, -0.15) is 0 Å². The smallest absolute Gasteiger partial charge is 0.264 e. The normalized spacial score (nSPS) is 15.6. The Bertz CT molecular complexity index is 978. The molecule has 1 heterocycles. The number of hydrogen-bond acceptors (Lipinski definition) is 2. The minimum Gasteiger partial charge on any atom is -0.334 e. The van der Waals surface area contributed by atoms with Crippen LogP contribution in [0.25, 0.3) is 0 Å². The van der Waals surface area contributed by atoms with Crippen LogP contribution in [-0.4, -0.2) is 16.8 Å². The summed E-state index contributed by atoms with van der Waals surface area (Å²) in [6.07, 6.45) is 0. The maximum atomic E-state index is 13.7. The van der Waals surface area contributed by atoms with Gasteiger partial charge in [-0.3, -0.25) is 15.1 Å². The van der Waals surface area contributed by atoms with E-state index in [0.29, 0.717) is 10.0 Å². The standard InChI is InChI=1S/C22H17Cl2N3O/c23-18-11-15(12-19(24)13-18)14-27-20(28)22(26-21(27)25,16-7-3-1-4-8-16)17-9-5-2-6-10-17/h1-13H,14H2,(H2,25,26). The Kier molecular flexibility index (Phi) is 4.84. The molecule has 0 spiro atoms. The van der Waals surface area contributed by atoms with Crippen LogP contribution in [0.1, 0.15) is 16.7 Å². The Morgan fingerprint density at radius 1 is 0.857 bits per heavy atom. The van der Waals surface area contributed by atoms with Gasteiger partial charge in [-0.05, 0) is 34.9 Å². The zero-order chi connectivity index (χ0) is 19.7. The van der Waals surface area contributed by atoms with Gasteiger partial charge in [0.25, 0.3) is 5.91 Å². The average molecular weight is 410 g/mol. The third kappa shape index (κ3) is 3.15. The molecule has 0 aromatic heterocycles. The third-order valence-electron chi connectivity index (χ3n) is 4.82. The molecule has 140 valence electrons. The summed E-state index contributed by atoms with van der Waals surface area (Å²) in [7, 11) is 0. The molecule has 1 saturated heterocycles. The minimum absolute atomic E-state index is 0.0359. The number of rotatable bonds is 4. The van der Waals surface area contributed by atoms with Crippen LogP contribution in [0.2, 0.25) is 10.0 Å². The number of carbonyl (C=O) groups excluding carboxylic acids is 1. The number of nitrogens with zero attached hydrogens (tertiary/aromatic N) is 1. The van der Waals surface area contributed by atoms with Crippen molar-refractivity contribution < 1.29 is 4.79 Å². The lowest BCUT2D eigenvalue weighted by molar-refractivity contribution is -0.130. The molecule has 1 aliphatic rings.